The standard InChI is InChI=1S/C21H25ClN2O4S/c1-3-28-20-9-5-4-8-19(20)23-21(25)16-7-6-12-24(14-16)29(26,27)17-11-10-15(2)18(22)13-17/h4-5,8-11,13,16H,3,6-7,12,14H2,1-2H3,(H,23,25)/t16-/m1/s1. The van der Waals surface area contributed by atoms with Crippen molar-refractivity contribution >= 4 is 33.2 Å². The van der Waals surface area contributed by atoms with Gasteiger partial charge in [0, 0.05) is 18.1 Å². The molecule has 1 atom stereocenters. The number of halogens is 1. The van der Waals surface area contributed by atoms with Gasteiger partial charge in [0.2, 0.25) is 15.9 Å². The molecule has 3 rings (SSSR count). The third-order valence-electron chi connectivity index (χ3n) is 4.98. The van der Waals surface area contributed by atoms with Gasteiger partial charge >= 0.3 is 0 Å². The van der Waals surface area contributed by atoms with Gasteiger partial charge in [0.05, 0.1) is 23.1 Å². The van der Waals surface area contributed by atoms with Crippen molar-refractivity contribution in [3.05, 3.63) is 53.1 Å². The van der Waals surface area contributed by atoms with Crippen molar-refractivity contribution in [2.24, 2.45) is 5.92 Å². The topological polar surface area (TPSA) is 75.7 Å². The summed E-state index contributed by atoms with van der Waals surface area (Å²) in [6, 6.07) is 11.9. The fourth-order valence-electron chi connectivity index (χ4n) is 3.34. The van der Waals surface area contributed by atoms with Crippen LogP contribution in [0.4, 0.5) is 5.69 Å². The van der Waals surface area contributed by atoms with Crippen molar-refractivity contribution in [2.45, 2.75) is 31.6 Å². The van der Waals surface area contributed by atoms with Gasteiger partial charge in [-0.15, -0.1) is 0 Å². The van der Waals surface area contributed by atoms with Gasteiger partial charge in [-0.2, -0.15) is 4.31 Å². The van der Waals surface area contributed by atoms with Crippen LogP contribution in [-0.2, 0) is 14.8 Å². The average Bonchev–Trinajstić information content (AvgIpc) is 2.71. The molecule has 0 spiro atoms. The highest BCUT2D eigenvalue weighted by Crippen LogP contribution is 2.29. The minimum atomic E-state index is -3.71. The quantitative estimate of drug-likeness (QED) is 0.740. The van der Waals surface area contributed by atoms with Gasteiger partial charge in [-0.1, -0.05) is 29.8 Å². The van der Waals surface area contributed by atoms with Crippen molar-refractivity contribution in [2.75, 3.05) is 25.0 Å². The number of carbonyl (C=O) groups is 1. The monoisotopic (exact) mass is 436 g/mol. The summed E-state index contributed by atoms with van der Waals surface area (Å²) in [6.07, 6.45) is 1.24. The van der Waals surface area contributed by atoms with E-state index >= 15 is 0 Å². The molecule has 1 aliphatic rings. The third-order valence-corrected chi connectivity index (χ3v) is 7.25. The van der Waals surface area contributed by atoms with Crippen LogP contribution in [0.25, 0.3) is 0 Å². The van der Waals surface area contributed by atoms with Crippen LogP contribution in [0.2, 0.25) is 5.02 Å². The Labute approximate surface area is 176 Å². The molecular formula is C21H25ClN2O4S. The number of piperidine rings is 1. The van der Waals surface area contributed by atoms with E-state index < -0.39 is 15.9 Å². The van der Waals surface area contributed by atoms with E-state index in [0.717, 1.165) is 5.56 Å². The summed E-state index contributed by atoms with van der Waals surface area (Å²) in [4.78, 5) is 13.0. The average molecular weight is 437 g/mol. The fourth-order valence-corrected chi connectivity index (χ4v) is 5.14. The lowest BCUT2D eigenvalue weighted by atomic mass is 9.98. The van der Waals surface area contributed by atoms with Gasteiger partial charge < -0.3 is 10.1 Å². The molecule has 8 heteroatoms. The summed E-state index contributed by atoms with van der Waals surface area (Å²) < 4.78 is 33.0. The van der Waals surface area contributed by atoms with Gasteiger partial charge in [0.15, 0.2) is 0 Å². The molecule has 2 aromatic carbocycles. The van der Waals surface area contributed by atoms with Crippen molar-refractivity contribution in [3.63, 3.8) is 0 Å². The summed E-state index contributed by atoms with van der Waals surface area (Å²) >= 11 is 6.11. The number of anilines is 1. The maximum absolute atomic E-state index is 13.0. The van der Waals surface area contributed by atoms with E-state index in [-0.39, 0.29) is 17.3 Å². The summed E-state index contributed by atoms with van der Waals surface area (Å²) in [5, 5.41) is 3.29. The smallest absolute Gasteiger partial charge is 0.243 e. The molecule has 1 fully saturated rings. The molecule has 2 aromatic rings. The van der Waals surface area contributed by atoms with Crippen LogP contribution in [0.1, 0.15) is 25.3 Å². The summed E-state index contributed by atoms with van der Waals surface area (Å²) in [5.74, 6) is -0.0500. The highest BCUT2D eigenvalue weighted by molar-refractivity contribution is 7.89. The molecule has 0 unspecified atom stereocenters. The lowest BCUT2D eigenvalue weighted by Crippen LogP contribution is -2.43. The number of hydrogen-bond acceptors (Lipinski definition) is 4. The van der Waals surface area contributed by atoms with E-state index in [0.29, 0.717) is 42.5 Å². The van der Waals surface area contributed by atoms with Crippen LogP contribution in [0.3, 0.4) is 0 Å². The van der Waals surface area contributed by atoms with Crippen LogP contribution < -0.4 is 10.1 Å². The highest BCUT2D eigenvalue weighted by atomic mass is 35.5. The first-order valence-electron chi connectivity index (χ1n) is 9.62. The van der Waals surface area contributed by atoms with Crippen molar-refractivity contribution in [1.29, 1.82) is 0 Å². The van der Waals surface area contributed by atoms with E-state index in [9.17, 15) is 13.2 Å². The normalized spacial score (nSPS) is 17.7. The Kier molecular flexibility index (Phi) is 6.82. The van der Waals surface area contributed by atoms with Crippen LogP contribution >= 0.6 is 11.6 Å². The number of ether oxygens (including phenoxy) is 1. The number of nitrogens with zero attached hydrogens (tertiary/aromatic N) is 1. The molecule has 1 N–H and O–H groups in total. The van der Waals surface area contributed by atoms with E-state index in [1.165, 1.54) is 10.4 Å². The number of amides is 1. The number of sulfonamides is 1. The molecule has 1 amide bonds. The number of hydrogen-bond donors (Lipinski definition) is 1. The lowest BCUT2D eigenvalue weighted by molar-refractivity contribution is -0.120. The zero-order valence-electron chi connectivity index (χ0n) is 16.5. The summed E-state index contributed by atoms with van der Waals surface area (Å²) in [7, 11) is -3.71. The predicted molar refractivity (Wildman–Crippen MR) is 114 cm³/mol. The molecule has 0 bridgehead atoms. The number of rotatable bonds is 6. The van der Waals surface area contributed by atoms with E-state index in [1.54, 1.807) is 24.3 Å². The molecule has 1 saturated heterocycles. The molecule has 0 radical (unpaired) electrons. The molecule has 6 nitrogen and oxygen atoms in total. The Hall–Kier alpha value is -2.09. The fraction of sp³-hybridized carbons (Fsp3) is 0.381. The Morgan fingerprint density at radius 1 is 1.28 bits per heavy atom. The number of para-hydroxylation sites is 2. The molecule has 1 aliphatic heterocycles. The Morgan fingerprint density at radius 3 is 2.76 bits per heavy atom. The molecule has 0 saturated carbocycles. The number of carbonyl (C=O) groups excluding carboxylic acids is 1. The Morgan fingerprint density at radius 2 is 2.03 bits per heavy atom. The number of aryl methyl sites for hydroxylation is 1. The predicted octanol–water partition coefficient (Wildman–Crippen LogP) is 4.09. The number of benzene rings is 2. The van der Waals surface area contributed by atoms with Gasteiger partial charge in [-0.3, -0.25) is 4.79 Å². The molecule has 0 aromatic heterocycles. The first-order chi connectivity index (χ1) is 13.8. The molecule has 156 valence electrons. The maximum atomic E-state index is 13.0. The number of nitrogens with one attached hydrogen (secondary N) is 1. The Balaban J connectivity index is 1.75. The van der Waals surface area contributed by atoms with Gasteiger partial charge in [0.1, 0.15) is 5.75 Å². The van der Waals surface area contributed by atoms with Crippen molar-refractivity contribution < 1.29 is 17.9 Å². The summed E-state index contributed by atoms with van der Waals surface area (Å²) in [6.45, 7) is 4.70. The minimum Gasteiger partial charge on any atom is -0.492 e. The van der Waals surface area contributed by atoms with Crippen LogP contribution in [0.15, 0.2) is 47.4 Å². The Bertz CT molecular complexity index is 994. The zero-order valence-corrected chi connectivity index (χ0v) is 18.1. The highest BCUT2D eigenvalue weighted by Gasteiger charge is 2.33. The van der Waals surface area contributed by atoms with Crippen LogP contribution in [0, 0.1) is 12.8 Å². The maximum Gasteiger partial charge on any atom is 0.243 e. The second-order valence-corrected chi connectivity index (χ2v) is 9.38. The van der Waals surface area contributed by atoms with E-state index in [1.807, 2.05) is 26.0 Å². The van der Waals surface area contributed by atoms with E-state index in [4.69, 9.17) is 16.3 Å². The molecule has 0 aliphatic carbocycles. The second-order valence-electron chi connectivity index (χ2n) is 7.03. The zero-order chi connectivity index (χ0) is 21.0. The van der Waals surface area contributed by atoms with E-state index in [2.05, 4.69) is 5.32 Å². The first kappa shape index (κ1) is 21.6. The minimum absolute atomic E-state index is 0.135. The SMILES string of the molecule is CCOc1ccccc1NC(=O)[C@@H]1CCCN(S(=O)(=O)c2ccc(C)c(Cl)c2)C1. The van der Waals surface area contributed by atoms with Crippen LogP contribution in [0.5, 0.6) is 5.75 Å². The molecular weight excluding hydrogens is 412 g/mol. The van der Waals surface area contributed by atoms with Gasteiger partial charge in [-0.25, -0.2) is 8.42 Å². The van der Waals surface area contributed by atoms with Crippen molar-refractivity contribution in [1.82, 2.24) is 4.31 Å². The largest absolute Gasteiger partial charge is 0.492 e. The third kappa shape index (κ3) is 4.91. The van der Waals surface area contributed by atoms with Crippen molar-refractivity contribution in [3.8, 4) is 5.75 Å². The lowest BCUT2D eigenvalue weighted by Gasteiger charge is -2.31. The molecule has 1 heterocycles. The van der Waals surface area contributed by atoms with Gasteiger partial charge in [-0.05, 0) is 56.5 Å². The summed E-state index contributed by atoms with van der Waals surface area (Å²) in [5.41, 5.74) is 1.40. The molecule has 29 heavy (non-hydrogen) atoms. The van der Waals surface area contributed by atoms with Crippen LogP contribution in [-0.4, -0.2) is 38.3 Å². The van der Waals surface area contributed by atoms with Gasteiger partial charge in [0.25, 0.3) is 0 Å². The first-order valence-corrected chi connectivity index (χ1v) is 11.4. The second kappa shape index (κ2) is 9.15.